The number of imidazole rings is 1. The SMILES string of the molecule is O=C(NCc1cccc(-n2cncn2)c1)NCc1ccccc1-n1ccnc1. The second-order valence-corrected chi connectivity index (χ2v) is 6.14. The molecule has 2 N–H and O–H groups in total. The van der Waals surface area contributed by atoms with Gasteiger partial charge in [0.05, 0.1) is 17.7 Å². The van der Waals surface area contributed by atoms with Crippen molar-refractivity contribution < 1.29 is 4.79 Å². The molecular formula is C20H19N7O. The van der Waals surface area contributed by atoms with Gasteiger partial charge in [-0.3, -0.25) is 0 Å². The van der Waals surface area contributed by atoms with Crippen LogP contribution in [0.25, 0.3) is 11.4 Å². The number of nitrogens with one attached hydrogen (secondary N) is 2. The van der Waals surface area contributed by atoms with Crippen LogP contribution in [0.5, 0.6) is 0 Å². The molecule has 8 nitrogen and oxygen atoms in total. The van der Waals surface area contributed by atoms with Gasteiger partial charge in [0.25, 0.3) is 0 Å². The first-order valence-electron chi connectivity index (χ1n) is 8.81. The molecule has 0 atom stereocenters. The summed E-state index contributed by atoms with van der Waals surface area (Å²) in [6, 6.07) is 15.4. The predicted octanol–water partition coefficient (Wildman–Crippen LogP) is 2.45. The molecule has 0 saturated carbocycles. The van der Waals surface area contributed by atoms with Gasteiger partial charge >= 0.3 is 6.03 Å². The van der Waals surface area contributed by atoms with E-state index in [1.807, 2.05) is 59.3 Å². The Hall–Kier alpha value is -3.94. The smallest absolute Gasteiger partial charge is 0.315 e. The summed E-state index contributed by atoms with van der Waals surface area (Å²) in [6.45, 7) is 0.830. The fourth-order valence-corrected chi connectivity index (χ4v) is 2.88. The van der Waals surface area contributed by atoms with Crippen LogP contribution in [-0.2, 0) is 13.1 Å². The van der Waals surface area contributed by atoms with Gasteiger partial charge < -0.3 is 15.2 Å². The third-order valence-electron chi connectivity index (χ3n) is 4.26. The van der Waals surface area contributed by atoms with E-state index in [0.29, 0.717) is 13.1 Å². The van der Waals surface area contributed by atoms with Crippen LogP contribution in [0.3, 0.4) is 0 Å². The van der Waals surface area contributed by atoms with Gasteiger partial charge in [-0.1, -0.05) is 30.3 Å². The Bertz CT molecular complexity index is 1040. The minimum atomic E-state index is -0.230. The molecule has 0 radical (unpaired) electrons. The molecule has 0 unspecified atom stereocenters. The lowest BCUT2D eigenvalue weighted by Gasteiger charge is -2.12. The molecular weight excluding hydrogens is 354 g/mol. The van der Waals surface area contributed by atoms with Crippen LogP contribution in [0.2, 0.25) is 0 Å². The molecule has 0 aliphatic heterocycles. The fraction of sp³-hybridized carbons (Fsp3) is 0.100. The van der Waals surface area contributed by atoms with Crippen molar-refractivity contribution in [3.05, 3.63) is 91.0 Å². The summed E-state index contributed by atoms with van der Waals surface area (Å²) in [4.78, 5) is 20.3. The average Bonchev–Trinajstić information content (AvgIpc) is 3.45. The maximum atomic E-state index is 12.2. The Labute approximate surface area is 161 Å². The number of carbonyl (C=O) groups is 1. The number of nitrogens with zero attached hydrogens (tertiary/aromatic N) is 5. The highest BCUT2D eigenvalue weighted by atomic mass is 16.2. The minimum Gasteiger partial charge on any atom is -0.334 e. The fourth-order valence-electron chi connectivity index (χ4n) is 2.88. The highest BCUT2D eigenvalue weighted by Crippen LogP contribution is 2.14. The Morgan fingerprint density at radius 1 is 0.964 bits per heavy atom. The Balaban J connectivity index is 1.34. The number of benzene rings is 2. The van der Waals surface area contributed by atoms with Crippen molar-refractivity contribution in [3.8, 4) is 11.4 Å². The molecule has 0 aliphatic rings. The number of hydrogen-bond acceptors (Lipinski definition) is 4. The maximum Gasteiger partial charge on any atom is 0.315 e. The first-order valence-corrected chi connectivity index (χ1v) is 8.81. The lowest BCUT2D eigenvalue weighted by molar-refractivity contribution is 0.240. The van der Waals surface area contributed by atoms with Crippen molar-refractivity contribution >= 4 is 6.03 Å². The van der Waals surface area contributed by atoms with Crippen molar-refractivity contribution in [2.45, 2.75) is 13.1 Å². The number of hydrogen-bond donors (Lipinski definition) is 2. The van der Waals surface area contributed by atoms with Gasteiger partial charge in [-0.25, -0.2) is 19.4 Å². The van der Waals surface area contributed by atoms with Crippen molar-refractivity contribution in [2.24, 2.45) is 0 Å². The number of para-hydroxylation sites is 1. The van der Waals surface area contributed by atoms with E-state index in [1.165, 1.54) is 6.33 Å². The molecule has 2 aromatic heterocycles. The van der Waals surface area contributed by atoms with Gasteiger partial charge in [-0.05, 0) is 29.3 Å². The monoisotopic (exact) mass is 373 g/mol. The molecule has 2 heterocycles. The first kappa shape index (κ1) is 17.5. The van der Waals surface area contributed by atoms with E-state index < -0.39 is 0 Å². The van der Waals surface area contributed by atoms with Gasteiger partial charge in [0.15, 0.2) is 0 Å². The average molecular weight is 373 g/mol. The molecule has 140 valence electrons. The Kier molecular flexibility index (Phi) is 5.10. The van der Waals surface area contributed by atoms with Gasteiger partial charge in [0, 0.05) is 25.5 Å². The van der Waals surface area contributed by atoms with E-state index >= 15 is 0 Å². The summed E-state index contributed by atoms with van der Waals surface area (Å²) in [6.07, 6.45) is 8.46. The van der Waals surface area contributed by atoms with Gasteiger partial charge in [0.2, 0.25) is 0 Å². The zero-order valence-electron chi connectivity index (χ0n) is 15.1. The van der Waals surface area contributed by atoms with Gasteiger partial charge in [0.1, 0.15) is 12.7 Å². The second-order valence-electron chi connectivity index (χ2n) is 6.14. The molecule has 0 bridgehead atoms. The largest absolute Gasteiger partial charge is 0.334 e. The standard InChI is InChI=1S/C20H19N7O/c28-20(23-11-16-4-3-6-18(10-16)27-15-22-13-25-27)24-12-17-5-1-2-7-19(17)26-9-8-21-14-26/h1-10,13-15H,11-12H2,(H2,23,24,28). The van der Waals surface area contributed by atoms with Gasteiger partial charge in [-0.15, -0.1) is 0 Å². The van der Waals surface area contributed by atoms with E-state index in [2.05, 4.69) is 25.7 Å². The third-order valence-corrected chi connectivity index (χ3v) is 4.26. The molecule has 0 fully saturated rings. The first-order chi connectivity index (χ1) is 13.8. The number of carbonyl (C=O) groups excluding carboxylic acids is 1. The summed E-state index contributed by atoms with van der Waals surface area (Å²) in [5.74, 6) is 0. The molecule has 4 rings (SSSR count). The van der Waals surface area contributed by atoms with E-state index in [0.717, 1.165) is 22.5 Å². The lowest BCUT2D eigenvalue weighted by Crippen LogP contribution is -2.34. The minimum absolute atomic E-state index is 0.230. The molecule has 0 saturated heterocycles. The van der Waals surface area contributed by atoms with E-state index in [4.69, 9.17) is 0 Å². The highest BCUT2D eigenvalue weighted by molar-refractivity contribution is 5.74. The summed E-state index contributed by atoms with van der Waals surface area (Å²) in [5.41, 5.74) is 3.86. The molecule has 8 heteroatoms. The zero-order chi connectivity index (χ0) is 19.2. The Morgan fingerprint density at radius 2 is 1.86 bits per heavy atom. The number of rotatable bonds is 6. The number of aromatic nitrogens is 5. The van der Waals surface area contributed by atoms with Crippen LogP contribution in [0.15, 0.2) is 79.9 Å². The number of urea groups is 1. The normalized spacial score (nSPS) is 10.6. The van der Waals surface area contributed by atoms with Gasteiger partial charge in [-0.2, -0.15) is 5.10 Å². The second kappa shape index (κ2) is 8.17. The predicted molar refractivity (Wildman–Crippen MR) is 104 cm³/mol. The van der Waals surface area contributed by atoms with Crippen molar-refractivity contribution in [3.63, 3.8) is 0 Å². The van der Waals surface area contributed by atoms with Crippen molar-refractivity contribution in [2.75, 3.05) is 0 Å². The highest BCUT2D eigenvalue weighted by Gasteiger charge is 2.06. The van der Waals surface area contributed by atoms with E-state index in [9.17, 15) is 4.79 Å². The molecule has 28 heavy (non-hydrogen) atoms. The van der Waals surface area contributed by atoms with Crippen molar-refractivity contribution in [1.29, 1.82) is 0 Å². The van der Waals surface area contributed by atoms with Crippen LogP contribution >= 0.6 is 0 Å². The van der Waals surface area contributed by atoms with Crippen LogP contribution in [0.1, 0.15) is 11.1 Å². The molecule has 2 aromatic carbocycles. The third kappa shape index (κ3) is 4.07. The zero-order valence-corrected chi connectivity index (χ0v) is 15.1. The number of amides is 2. The molecule has 0 spiro atoms. The molecule has 4 aromatic rings. The molecule has 2 amide bonds. The summed E-state index contributed by atoms with van der Waals surface area (Å²) < 4.78 is 3.60. The topological polar surface area (TPSA) is 89.7 Å². The van der Waals surface area contributed by atoms with E-state index in [1.54, 1.807) is 23.5 Å². The van der Waals surface area contributed by atoms with Crippen LogP contribution < -0.4 is 10.6 Å². The van der Waals surface area contributed by atoms with Crippen LogP contribution in [0, 0.1) is 0 Å². The maximum absolute atomic E-state index is 12.2. The van der Waals surface area contributed by atoms with Crippen LogP contribution in [-0.4, -0.2) is 30.3 Å². The van der Waals surface area contributed by atoms with E-state index in [-0.39, 0.29) is 6.03 Å². The van der Waals surface area contributed by atoms with Crippen LogP contribution in [0.4, 0.5) is 4.79 Å². The summed E-state index contributed by atoms with van der Waals surface area (Å²) in [7, 11) is 0. The lowest BCUT2D eigenvalue weighted by atomic mass is 10.1. The summed E-state index contributed by atoms with van der Waals surface area (Å²) >= 11 is 0. The Morgan fingerprint density at radius 3 is 2.68 bits per heavy atom. The van der Waals surface area contributed by atoms with Crippen molar-refractivity contribution in [1.82, 2.24) is 34.9 Å². The quantitative estimate of drug-likeness (QED) is 0.543. The molecule has 0 aliphatic carbocycles. The summed E-state index contributed by atoms with van der Waals surface area (Å²) in [5, 5.41) is 9.90.